The van der Waals surface area contributed by atoms with E-state index in [1.807, 2.05) is 18.2 Å². The standard InChI is InChI=1S/C36H36ClN5O6S/c37-29-10-6-8-26(24-29)18-20-39-35(44)36(19-23-49(45,46)31-11-2-1-3-12-31)33(32-13-5-4-9-28(32)25-40-42-38)48-34(41-36)27-14-16-30(17-15-27)47-22-7-21-43/h1-6,8-17,24,33,43H,7,18-23,25H2,(H,39,44)/t33-,36-/m1/s1. The summed E-state index contributed by atoms with van der Waals surface area (Å²) in [6, 6.07) is 29.4. The lowest BCUT2D eigenvalue weighted by atomic mass is 9.83. The molecule has 0 saturated heterocycles. The van der Waals surface area contributed by atoms with E-state index in [2.05, 4.69) is 15.3 Å². The first-order valence-corrected chi connectivity index (χ1v) is 17.8. The smallest absolute Gasteiger partial charge is 0.252 e. The van der Waals surface area contributed by atoms with Gasteiger partial charge in [0.25, 0.3) is 5.91 Å². The highest BCUT2D eigenvalue weighted by atomic mass is 35.5. The zero-order valence-corrected chi connectivity index (χ0v) is 28.2. The van der Waals surface area contributed by atoms with Crippen LogP contribution in [0.25, 0.3) is 10.4 Å². The van der Waals surface area contributed by atoms with Crippen molar-refractivity contribution in [3.8, 4) is 5.75 Å². The normalized spacial score (nSPS) is 17.0. The van der Waals surface area contributed by atoms with Crippen LogP contribution in [0.2, 0.25) is 5.02 Å². The van der Waals surface area contributed by atoms with E-state index in [-0.39, 0.29) is 36.9 Å². The fraction of sp³-hybridized carbons (Fsp3) is 0.278. The van der Waals surface area contributed by atoms with Crippen LogP contribution >= 0.6 is 11.6 Å². The number of aliphatic imine (C=N–C) groups is 1. The first kappa shape index (κ1) is 35.4. The number of amides is 1. The first-order chi connectivity index (χ1) is 23.8. The summed E-state index contributed by atoms with van der Waals surface area (Å²) >= 11 is 6.17. The molecule has 0 unspecified atom stereocenters. The molecule has 0 saturated carbocycles. The summed E-state index contributed by atoms with van der Waals surface area (Å²) in [5, 5.41) is 16.4. The van der Waals surface area contributed by atoms with E-state index in [0.29, 0.717) is 46.9 Å². The molecule has 0 aliphatic carbocycles. The van der Waals surface area contributed by atoms with Gasteiger partial charge in [0, 0.05) is 41.5 Å². The van der Waals surface area contributed by atoms with Crippen LogP contribution in [-0.2, 0) is 32.3 Å². The number of azide groups is 1. The first-order valence-electron chi connectivity index (χ1n) is 15.8. The molecule has 0 bridgehead atoms. The Balaban J connectivity index is 1.56. The van der Waals surface area contributed by atoms with Gasteiger partial charge in [0.2, 0.25) is 5.90 Å². The lowest BCUT2D eigenvalue weighted by molar-refractivity contribution is -0.129. The molecule has 1 aliphatic heterocycles. The number of hydrogen-bond donors (Lipinski definition) is 2. The van der Waals surface area contributed by atoms with Crippen molar-refractivity contribution in [2.24, 2.45) is 10.1 Å². The molecule has 4 aromatic rings. The molecule has 11 nitrogen and oxygen atoms in total. The summed E-state index contributed by atoms with van der Waals surface area (Å²) < 4.78 is 39.5. The number of ether oxygens (including phenoxy) is 2. The fourth-order valence-electron chi connectivity index (χ4n) is 5.59. The van der Waals surface area contributed by atoms with Gasteiger partial charge in [-0.1, -0.05) is 71.3 Å². The number of nitrogens with zero attached hydrogens (tertiary/aromatic N) is 4. The van der Waals surface area contributed by atoms with Gasteiger partial charge in [-0.05, 0) is 77.2 Å². The number of rotatable bonds is 16. The lowest BCUT2D eigenvalue weighted by Crippen LogP contribution is -2.50. The molecule has 254 valence electrons. The molecule has 0 radical (unpaired) electrons. The van der Waals surface area contributed by atoms with Crippen LogP contribution in [0.3, 0.4) is 0 Å². The van der Waals surface area contributed by atoms with E-state index in [0.717, 1.165) is 5.56 Å². The van der Waals surface area contributed by atoms with Crippen LogP contribution in [0.15, 0.2) is 118 Å². The molecule has 1 aliphatic rings. The second-order valence-corrected chi connectivity index (χ2v) is 13.9. The Morgan fingerprint density at radius 1 is 1.04 bits per heavy atom. The van der Waals surface area contributed by atoms with Gasteiger partial charge in [0.05, 0.1) is 23.8 Å². The quantitative estimate of drug-likeness (QED) is 0.0595. The van der Waals surface area contributed by atoms with Crippen molar-refractivity contribution in [3.63, 3.8) is 0 Å². The molecule has 2 atom stereocenters. The van der Waals surface area contributed by atoms with Crippen molar-refractivity contribution in [1.29, 1.82) is 0 Å². The maximum absolute atomic E-state index is 14.5. The van der Waals surface area contributed by atoms with Gasteiger partial charge in [-0.2, -0.15) is 0 Å². The Labute approximate surface area is 290 Å². The highest BCUT2D eigenvalue weighted by Crippen LogP contribution is 2.44. The number of aliphatic hydroxyl groups excluding tert-OH is 1. The molecular weight excluding hydrogens is 666 g/mol. The van der Waals surface area contributed by atoms with Crippen LogP contribution in [0.5, 0.6) is 5.75 Å². The highest BCUT2D eigenvalue weighted by molar-refractivity contribution is 7.91. The maximum atomic E-state index is 14.5. The van der Waals surface area contributed by atoms with E-state index < -0.39 is 33.1 Å². The van der Waals surface area contributed by atoms with Crippen LogP contribution in [0, 0.1) is 0 Å². The number of sulfone groups is 1. The van der Waals surface area contributed by atoms with E-state index in [9.17, 15) is 13.2 Å². The number of nitrogens with one attached hydrogen (secondary N) is 1. The average Bonchev–Trinajstić information content (AvgIpc) is 3.51. The predicted octanol–water partition coefficient (Wildman–Crippen LogP) is 6.39. The molecule has 0 fully saturated rings. The average molecular weight is 702 g/mol. The minimum atomic E-state index is -3.84. The molecular formula is C36H36ClN5O6S. The van der Waals surface area contributed by atoms with Crippen molar-refractivity contribution in [3.05, 3.63) is 141 Å². The van der Waals surface area contributed by atoms with E-state index in [1.165, 1.54) is 12.1 Å². The Morgan fingerprint density at radius 2 is 1.80 bits per heavy atom. The lowest BCUT2D eigenvalue weighted by Gasteiger charge is -2.31. The molecule has 49 heavy (non-hydrogen) atoms. The molecule has 1 heterocycles. The van der Waals surface area contributed by atoms with Crippen molar-refractivity contribution < 1.29 is 27.8 Å². The third-order valence-electron chi connectivity index (χ3n) is 8.11. The SMILES string of the molecule is [N-]=[N+]=NCc1ccccc1[C@H]1OC(c2ccc(OCCCO)cc2)=N[C@@]1(CCS(=O)(=O)c1ccccc1)C(=O)NCCc1cccc(Cl)c1. The molecule has 1 amide bonds. The maximum Gasteiger partial charge on any atom is 0.252 e. The number of hydrogen-bond acceptors (Lipinski definition) is 8. The molecule has 4 aromatic carbocycles. The molecule has 0 aromatic heterocycles. The number of benzene rings is 4. The van der Waals surface area contributed by atoms with Crippen LogP contribution in [0.1, 0.15) is 41.2 Å². The summed E-state index contributed by atoms with van der Waals surface area (Å²) in [6.45, 7) is 0.556. The van der Waals surface area contributed by atoms with E-state index in [4.69, 9.17) is 36.7 Å². The summed E-state index contributed by atoms with van der Waals surface area (Å²) in [4.78, 5) is 22.5. The van der Waals surface area contributed by atoms with Gasteiger partial charge in [0.15, 0.2) is 21.5 Å². The number of carbonyl (C=O) groups is 1. The molecule has 2 N–H and O–H groups in total. The summed E-state index contributed by atoms with van der Waals surface area (Å²) in [5.41, 5.74) is 9.97. The van der Waals surface area contributed by atoms with Gasteiger partial charge < -0.3 is 19.9 Å². The number of carbonyl (C=O) groups excluding carboxylic acids is 1. The minimum absolute atomic E-state index is 0.00844. The van der Waals surface area contributed by atoms with Gasteiger partial charge in [-0.25, -0.2) is 13.4 Å². The summed E-state index contributed by atoms with van der Waals surface area (Å²) in [6.07, 6.45) is -0.322. The van der Waals surface area contributed by atoms with Crippen LogP contribution < -0.4 is 10.1 Å². The van der Waals surface area contributed by atoms with E-state index >= 15 is 0 Å². The predicted molar refractivity (Wildman–Crippen MR) is 187 cm³/mol. The molecule has 0 spiro atoms. The monoisotopic (exact) mass is 701 g/mol. The highest BCUT2D eigenvalue weighted by Gasteiger charge is 2.54. The van der Waals surface area contributed by atoms with Gasteiger partial charge >= 0.3 is 0 Å². The van der Waals surface area contributed by atoms with Crippen molar-refractivity contribution >= 4 is 33.2 Å². The minimum Gasteiger partial charge on any atom is -0.494 e. The molecule has 5 rings (SSSR count). The van der Waals surface area contributed by atoms with Gasteiger partial charge in [-0.15, -0.1) is 0 Å². The second kappa shape index (κ2) is 16.5. The summed E-state index contributed by atoms with van der Waals surface area (Å²) in [5.74, 6) is -0.190. The second-order valence-electron chi connectivity index (χ2n) is 11.4. The van der Waals surface area contributed by atoms with Crippen molar-refractivity contribution in [1.82, 2.24) is 5.32 Å². The van der Waals surface area contributed by atoms with E-state index in [1.54, 1.807) is 72.8 Å². The fourth-order valence-corrected chi connectivity index (χ4v) is 7.19. The molecule has 13 heteroatoms. The Hall–Kier alpha value is -4.87. The van der Waals surface area contributed by atoms with Crippen molar-refractivity contribution in [2.45, 2.75) is 42.3 Å². The Kier molecular flexibility index (Phi) is 11.9. The zero-order chi connectivity index (χ0) is 34.7. The number of halogens is 1. The zero-order valence-electron chi connectivity index (χ0n) is 26.6. The van der Waals surface area contributed by atoms with Crippen molar-refractivity contribution in [2.75, 3.05) is 25.5 Å². The summed E-state index contributed by atoms with van der Waals surface area (Å²) in [7, 11) is -3.84. The topological polar surface area (TPSA) is 163 Å². The largest absolute Gasteiger partial charge is 0.494 e. The van der Waals surface area contributed by atoms with Gasteiger partial charge in [-0.3, -0.25) is 4.79 Å². The third-order valence-corrected chi connectivity index (χ3v) is 10.1. The Bertz CT molecular complexity index is 1940. The number of aliphatic hydroxyl groups is 1. The van der Waals surface area contributed by atoms with Crippen LogP contribution in [-0.4, -0.2) is 56.4 Å². The Morgan fingerprint density at radius 3 is 2.53 bits per heavy atom. The van der Waals surface area contributed by atoms with Crippen LogP contribution in [0.4, 0.5) is 0 Å². The van der Waals surface area contributed by atoms with Gasteiger partial charge in [0.1, 0.15) is 5.75 Å². The third kappa shape index (κ3) is 8.79.